The van der Waals surface area contributed by atoms with Crippen molar-refractivity contribution in [3.05, 3.63) is 48.2 Å². The van der Waals surface area contributed by atoms with Crippen LogP contribution in [0.15, 0.2) is 36.7 Å². The Hall–Kier alpha value is -2.30. The van der Waals surface area contributed by atoms with Gasteiger partial charge in [-0.25, -0.2) is 19.2 Å². The molecule has 2 aromatic rings. The molecule has 1 aromatic heterocycles. The van der Waals surface area contributed by atoms with E-state index in [2.05, 4.69) is 9.97 Å². The van der Waals surface area contributed by atoms with E-state index in [4.69, 9.17) is 4.74 Å². The van der Waals surface area contributed by atoms with Crippen LogP contribution in [-0.4, -0.2) is 22.5 Å². The summed E-state index contributed by atoms with van der Waals surface area (Å²) < 4.78 is 18.4. The van der Waals surface area contributed by atoms with Gasteiger partial charge in [-0.3, -0.25) is 0 Å². The second-order valence-corrected chi connectivity index (χ2v) is 3.49. The lowest BCUT2D eigenvalue weighted by atomic mass is 10.1. The maximum atomic E-state index is 13.6. The molecule has 1 heterocycles. The Morgan fingerprint density at radius 2 is 2.11 bits per heavy atom. The molecule has 0 atom stereocenters. The number of hydrogen-bond acceptors (Lipinski definition) is 4. The van der Waals surface area contributed by atoms with E-state index < -0.39 is 11.8 Å². The number of hydrogen-bond donors (Lipinski definition) is 0. The van der Waals surface area contributed by atoms with Gasteiger partial charge in [-0.1, -0.05) is 12.1 Å². The number of esters is 1. The normalized spacial score (nSPS) is 10.1. The molecule has 0 aliphatic carbocycles. The number of benzene rings is 1. The molecule has 5 heteroatoms. The Morgan fingerprint density at radius 3 is 2.83 bits per heavy atom. The van der Waals surface area contributed by atoms with Crippen LogP contribution in [-0.2, 0) is 4.74 Å². The third-order valence-corrected chi connectivity index (χ3v) is 2.30. The van der Waals surface area contributed by atoms with Gasteiger partial charge in [0.25, 0.3) is 0 Å². The first-order valence-electron chi connectivity index (χ1n) is 5.46. The van der Waals surface area contributed by atoms with Gasteiger partial charge >= 0.3 is 5.97 Å². The molecule has 18 heavy (non-hydrogen) atoms. The SMILES string of the molecule is CCOC(=O)c1cc(-c2ccccc2F)ncn1. The fourth-order valence-corrected chi connectivity index (χ4v) is 1.49. The number of carbonyl (C=O) groups is 1. The monoisotopic (exact) mass is 246 g/mol. The Kier molecular flexibility index (Phi) is 3.62. The second-order valence-electron chi connectivity index (χ2n) is 3.49. The van der Waals surface area contributed by atoms with Gasteiger partial charge in [0, 0.05) is 5.56 Å². The maximum Gasteiger partial charge on any atom is 0.357 e. The number of halogens is 1. The van der Waals surface area contributed by atoms with E-state index in [0.29, 0.717) is 11.3 Å². The summed E-state index contributed by atoms with van der Waals surface area (Å²) in [7, 11) is 0. The topological polar surface area (TPSA) is 52.1 Å². The molecule has 4 nitrogen and oxygen atoms in total. The molecule has 0 fully saturated rings. The molecule has 0 N–H and O–H groups in total. The van der Waals surface area contributed by atoms with Crippen LogP contribution in [0.2, 0.25) is 0 Å². The lowest BCUT2D eigenvalue weighted by Gasteiger charge is -2.04. The fourth-order valence-electron chi connectivity index (χ4n) is 1.49. The number of aromatic nitrogens is 2. The van der Waals surface area contributed by atoms with E-state index in [-0.39, 0.29) is 12.3 Å². The van der Waals surface area contributed by atoms with Crippen LogP contribution in [0.3, 0.4) is 0 Å². The van der Waals surface area contributed by atoms with E-state index in [9.17, 15) is 9.18 Å². The van der Waals surface area contributed by atoms with Crippen molar-refractivity contribution in [2.75, 3.05) is 6.61 Å². The van der Waals surface area contributed by atoms with Crippen LogP contribution >= 0.6 is 0 Å². The van der Waals surface area contributed by atoms with Crippen molar-refractivity contribution >= 4 is 5.97 Å². The molecular weight excluding hydrogens is 235 g/mol. The van der Waals surface area contributed by atoms with Gasteiger partial charge < -0.3 is 4.74 Å². The van der Waals surface area contributed by atoms with E-state index >= 15 is 0 Å². The highest BCUT2D eigenvalue weighted by Gasteiger charge is 2.12. The van der Waals surface area contributed by atoms with Crippen molar-refractivity contribution in [1.29, 1.82) is 0 Å². The molecule has 0 aliphatic rings. The van der Waals surface area contributed by atoms with Crippen molar-refractivity contribution in [2.45, 2.75) is 6.92 Å². The van der Waals surface area contributed by atoms with Crippen LogP contribution in [0.4, 0.5) is 4.39 Å². The van der Waals surface area contributed by atoms with Crippen LogP contribution < -0.4 is 0 Å². The highest BCUT2D eigenvalue weighted by molar-refractivity contribution is 5.88. The van der Waals surface area contributed by atoms with Gasteiger partial charge in [0.2, 0.25) is 0 Å². The molecule has 0 radical (unpaired) electrons. The number of rotatable bonds is 3. The summed E-state index contributed by atoms with van der Waals surface area (Å²) in [5, 5.41) is 0. The van der Waals surface area contributed by atoms with Crippen molar-refractivity contribution in [3.8, 4) is 11.3 Å². The zero-order valence-corrected chi connectivity index (χ0v) is 9.76. The minimum atomic E-state index is -0.544. The lowest BCUT2D eigenvalue weighted by molar-refractivity contribution is 0.0519. The quantitative estimate of drug-likeness (QED) is 0.780. The molecule has 0 unspecified atom stereocenters. The lowest BCUT2D eigenvalue weighted by Crippen LogP contribution is -2.07. The molecule has 1 aromatic carbocycles. The highest BCUT2D eigenvalue weighted by atomic mass is 19.1. The zero-order valence-electron chi connectivity index (χ0n) is 9.76. The maximum absolute atomic E-state index is 13.6. The van der Waals surface area contributed by atoms with E-state index in [1.807, 2.05) is 0 Å². The molecular formula is C13H11FN2O2. The van der Waals surface area contributed by atoms with E-state index in [0.717, 1.165) is 0 Å². The first-order valence-corrected chi connectivity index (χ1v) is 5.46. The smallest absolute Gasteiger partial charge is 0.357 e. The van der Waals surface area contributed by atoms with Crippen molar-refractivity contribution in [2.24, 2.45) is 0 Å². The summed E-state index contributed by atoms with van der Waals surface area (Å²) in [4.78, 5) is 19.3. The highest BCUT2D eigenvalue weighted by Crippen LogP contribution is 2.20. The molecule has 0 spiro atoms. The second kappa shape index (κ2) is 5.35. The predicted octanol–water partition coefficient (Wildman–Crippen LogP) is 2.46. The largest absolute Gasteiger partial charge is 0.461 e. The van der Waals surface area contributed by atoms with Crippen LogP contribution in [0.5, 0.6) is 0 Å². The van der Waals surface area contributed by atoms with Gasteiger partial charge in [0.05, 0.1) is 12.3 Å². The van der Waals surface area contributed by atoms with Crippen molar-refractivity contribution in [3.63, 3.8) is 0 Å². The van der Waals surface area contributed by atoms with Gasteiger partial charge in [0.15, 0.2) is 5.69 Å². The van der Waals surface area contributed by atoms with E-state index in [1.54, 1.807) is 25.1 Å². The molecule has 0 bridgehead atoms. The van der Waals surface area contributed by atoms with Crippen molar-refractivity contribution < 1.29 is 13.9 Å². The summed E-state index contributed by atoms with van der Waals surface area (Å²) in [6.07, 6.45) is 1.22. The van der Waals surface area contributed by atoms with Gasteiger partial charge in [0.1, 0.15) is 12.1 Å². The standard InChI is InChI=1S/C13H11FN2O2/c1-2-18-13(17)12-7-11(15-8-16-12)9-5-3-4-6-10(9)14/h3-8H,2H2,1H3. The third kappa shape index (κ3) is 2.51. The molecule has 0 saturated carbocycles. The molecule has 2 rings (SSSR count). The molecule has 0 amide bonds. The van der Waals surface area contributed by atoms with Crippen LogP contribution in [0.25, 0.3) is 11.3 Å². The minimum absolute atomic E-state index is 0.116. The average molecular weight is 246 g/mol. The minimum Gasteiger partial charge on any atom is -0.461 e. The number of carbonyl (C=O) groups excluding carboxylic acids is 1. The summed E-state index contributed by atoms with van der Waals surface area (Å²) in [5.41, 5.74) is 0.793. The third-order valence-electron chi connectivity index (χ3n) is 2.30. The Morgan fingerprint density at radius 1 is 1.33 bits per heavy atom. The van der Waals surface area contributed by atoms with E-state index in [1.165, 1.54) is 18.5 Å². The Balaban J connectivity index is 2.39. The Labute approximate surface area is 103 Å². The first kappa shape index (κ1) is 12.2. The van der Waals surface area contributed by atoms with Crippen LogP contribution in [0, 0.1) is 5.82 Å². The summed E-state index contributed by atoms with van der Waals surface area (Å²) in [6, 6.07) is 7.63. The van der Waals surface area contributed by atoms with Gasteiger partial charge in [-0.05, 0) is 25.1 Å². The fraction of sp³-hybridized carbons (Fsp3) is 0.154. The summed E-state index contributed by atoms with van der Waals surface area (Å²) >= 11 is 0. The number of nitrogens with zero attached hydrogens (tertiary/aromatic N) is 2. The Bertz CT molecular complexity index is 572. The zero-order chi connectivity index (χ0) is 13.0. The molecule has 0 aliphatic heterocycles. The summed E-state index contributed by atoms with van der Waals surface area (Å²) in [5.74, 6) is -0.941. The number of ether oxygens (including phenoxy) is 1. The van der Waals surface area contributed by atoms with Gasteiger partial charge in [-0.15, -0.1) is 0 Å². The molecule has 0 saturated heterocycles. The summed E-state index contributed by atoms with van der Waals surface area (Å²) in [6.45, 7) is 1.97. The first-order chi connectivity index (χ1) is 8.72. The van der Waals surface area contributed by atoms with Gasteiger partial charge in [-0.2, -0.15) is 0 Å². The van der Waals surface area contributed by atoms with Crippen molar-refractivity contribution in [1.82, 2.24) is 9.97 Å². The average Bonchev–Trinajstić information content (AvgIpc) is 2.40. The molecule has 92 valence electrons. The predicted molar refractivity (Wildman–Crippen MR) is 63.4 cm³/mol. The van der Waals surface area contributed by atoms with Crippen LogP contribution in [0.1, 0.15) is 17.4 Å².